The zero-order valence-corrected chi connectivity index (χ0v) is 21.1. The van der Waals surface area contributed by atoms with Gasteiger partial charge in [0.15, 0.2) is 23.0 Å². The lowest BCUT2D eigenvalue weighted by molar-refractivity contribution is -0.135. The number of nitrogens with zero attached hydrogens (tertiary/aromatic N) is 1. The second-order valence-corrected chi connectivity index (χ2v) is 9.76. The second kappa shape index (κ2) is 8.94. The Bertz CT molecular complexity index is 1060. The van der Waals surface area contributed by atoms with Crippen molar-refractivity contribution in [3.63, 3.8) is 0 Å². The smallest absolute Gasteiger partial charge is 0.243 e. The van der Waals surface area contributed by atoms with E-state index in [0.717, 1.165) is 21.2 Å². The summed E-state index contributed by atoms with van der Waals surface area (Å²) in [6.45, 7) is 3.10. The number of benzene rings is 2. The van der Waals surface area contributed by atoms with Gasteiger partial charge in [0.25, 0.3) is 0 Å². The average molecular weight is 524 g/mol. The van der Waals surface area contributed by atoms with Crippen LogP contribution in [0.1, 0.15) is 23.6 Å². The summed E-state index contributed by atoms with van der Waals surface area (Å²) in [7, 11) is 4.82. The van der Waals surface area contributed by atoms with Crippen molar-refractivity contribution in [2.75, 3.05) is 40.9 Å². The maximum absolute atomic E-state index is 13.6. The first kappa shape index (κ1) is 22.9. The van der Waals surface area contributed by atoms with Gasteiger partial charge in [-0.05, 0) is 48.9 Å². The standard InChI is InChI=1S/C23H26BrNO6S/c1-23(32-5)15-9-19(29-4)21-20(30-12-31-21)14(15)11-25(22(23)26)7-6-13-8-17(27-2)18(28-3)10-16(13)24/h8-10H,6-7,11-12H2,1-5H3. The number of hydrogen-bond acceptors (Lipinski definition) is 7. The number of fused-ring (bicyclic) bond motifs is 3. The summed E-state index contributed by atoms with van der Waals surface area (Å²) in [5.74, 6) is 3.24. The number of thioether (sulfide) groups is 1. The zero-order chi connectivity index (χ0) is 23.0. The van der Waals surface area contributed by atoms with E-state index in [1.165, 1.54) is 11.8 Å². The van der Waals surface area contributed by atoms with Crippen molar-refractivity contribution >= 4 is 33.6 Å². The summed E-state index contributed by atoms with van der Waals surface area (Å²) in [5, 5.41) is 0. The largest absolute Gasteiger partial charge is 0.493 e. The van der Waals surface area contributed by atoms with Crippen molar-refractivity contribution in [1.29, 1.82) is 0 Å². The molecular weight excluding hydrogens is 498 g/mol. The van der Waals surface area contributed by atoms with E-state index >= 15 is 0 Å². The van der Waals surface area contributed by atoms with Crippen LogP contribution in [0.3, 0.4) is 0 Å². The highest BCUT2D eigenvalue weighted by Crippen LogP contribution is 2.53. The van der Waals surface area contributed by atoms with Gasteiger partial charge >= 0.3 is 0 Å². The number of hydrogen-bond donors (Lipinski definition) is 0. The molecule has 9 heteroatoms. The highest BCUT2D eigenvalue weighted by Gasteiger charge is 2.46. The van der Waals surface area contributed by atoms with Gasteiger partial charge in [0.05, 0.1) is 21.3 Å². The fourth-order valence-corrected chi connectivity index (χ4v) is 5.45. The molecule has 32 heavy (non-hydrogen) atoms. The lowest BCUT2D eigenvalue weighted by atomic mass is 9.88. The van der Waals surface area contributed by atoms with Gasteiger partial charge in [-0.3, -0.25) is 4.79 Å². The molecule has 0 fully saturated rings. The molecular formula is C23H26BrNO6S. The molecule has 0 N–H and O–H groups in total. The molecule has 0 saturated carbocycles. The predicted octanol–water partition coefficient (Wildman–Crippen LogP) is 4.37. The number of halogens is 1. The summed E-state index contributed by atoms with van der Waals surface area (Å²) in [6.07, 6.45) is 2.61. The lowest BCUT2D eigenvalue weighted by Gasteiger charge is -2.40. The van der Waals surface area contributed by atoms with Crippen LogP contribution in [0.15, 0.2) is 22.7 Å². The van der Waals surface area contributed by atoms with Crippen LogP contribution in [0.2, 0.25) is 0 Å². The van der Waals surface area contributed by atoms with Crippen LogP contribution < -0.4 is 23.7 Å². The number of carbonyl (C=O) groups excluding carboxylic acids is 1. The third kappa shape index (κ3) is 3.65. The average Bonchev–Trinajstić information content (AvgIpc) is 3.30. The molecule has 1 atom stereocenters. The third-order valence-corrected chi connectivity index (χ3v) is 8.05. The normalized spacial score (nSPS) is 19.1. The first-order chi connectivity index (χ1) is 15.4. The molecule has 0 spiro atoms. The number of rotatable bonds is 7. The SMILES string of the molecule is COc1cc(Br)c(CCN2Cc3c(cc(OC)c4c3OCO4)C(C)(SC)C2=O)cc1OC. The van der Waals surface area contributed by atoms with Crippen LogP contribution in [-0.4, -0.2) is 51.7 Å². The van der Waals surface area contributed by atoms with Gasteiger partial charge in [0.1, 0.15) is 4.75 Å². The number of amides is 1. The monoisotopic (exact) mass is 523 g/mol. The second-order valence-electron chi connectivity index (χ2n) is 7.68. The van der Waals surface area contributed by atoms with Crippen molar-refractivity contribution in [2.45, 2.75) is 24.6 Å². The van der Waals surface area contributed by atoms with Crippen molar-refractivity contribution in [2.24, 2.45) is 0 Å². The van der Waals surface area contributed by atoms with E-state index in [1.54, 1.807) is 21.3 Å². The number of methoxy groups -OCH3 is 3. The molecule has 0 aliphatic carbocycles. The summed E-state index contributed by atoms with van der Waals surface area (Å²) in [5.41, 5.74) is 2.92. The molecule has 4 rings (SSSR count). The molecule has 0 aromatic heterocycles. The van der Waals surface area contributed by atoms with Gasteiger partial charge in [-0.25, -0.2) is 0 Å². The van der Waals surface area contributed by atoms with Gasteiger partial charge in [0.2, 0.25) is 18.4 Å². The van der Waals surface area contributed by atoms with Gasteiger partial charge in [-0.15, -0.1) is 11.8 Å². The van der Waals surface area contributed by atoms with Crippen molar-refractivity contribution in [1.82, 2.24) is 4.90 Å². The summed E-state index contributed by atoms with van der Waals surface area (Å²) in [4.78, 5) is 15.5. The van der Waals surface area contributed by atoms with Crippen LogP contribution in [0.25, 0.3) is 0 Å². The van der Waals surface area contributed by atoms with Gasteiger partial charge in [-0.1, -0.05) is 15.9 Å². The molecule has 1 amide bonds. The molecule has 7 nitrogen and oxygen atoms in total. The minimum absolute atomic E-state index is 0.0648. The summed E-state index contributed by atoms with van der Waals surface area (Å²) < 4.78 is 27.9. The molecule has 1 unspecified atom stereocenters. The van der Waals surface area contributed by atoms with Crippen LogP contribution in [0.4, 0.5) is 0 Å². The third-order valence-electron chi connectivity index (χ3n) is 6.10. The van der Waals surface area contributed by atoms with E-state index < -0.39 is 4.75 Å². The molecule has 0 bridgehead atoms. The fraction of sp³-hybridized carbons (Fsp3) is 0.435. The summed E-state index contributed by atoms with van der Waals surface area (Å²) >= 11 is 5.13. The Morgan fingerprint density at radius 1 is 1.06 bits per heavy atom. The highest BCUT2D eigenvalue weighted by atomic mass is 79.9. The minimum Gasteiger partial charge on any atom is -0.493 e. The quantitative estimate of drug-likeness (QED) is 0.533. The van der Waals surface area contributed by atoms with Crippen LogP contribution in [0.5, 0.6) is 28.7 Å². The zero-order valence-electron chi connectivity index (χ0n) is 18.7. The van der Waals surface area contributed by atoms with E-state index in [2.05, 4.69) is 15.9 Å². The summed E-state index contributed by atoms with van der Waals surface area (Å²) in [6, 6.07) is 5.75. The molecule has 2 aliphatic rings. The predicted molar refractivity (Wildman–Crippen MR) is 126 cm³/mol. The van der Waals surface area contributed by atoms with E-state index in [-0.39, 0.29) is 12.7 Å². The minimum atomic E-state index is -0.753. The molecule has 0 radical (unpaired) electrons. The molecule has 0 saturated heterocycles. The van der Waals surface area contributed by atoms with Crippen LogP contribution >= 0.6 is 27.7 Å². The topological polar surface area (TPSA) is 66.5 Å². The molecule has 172 valence electrons. The maximum Gasteiger partial charge on any atom is 0.243 e. The van der Waals surface area contributed by atoms with E-state index in [1.807, 2.05) is 36.3 Å². The number of ether oxygens (including phenoxy) is 5. The highest BCUT2D eigenvalue weighted by molar-refractivity contribution is 9.10. The van der Waals surface area contributed by atoms with Crippen molar-refractivity contribution in [3.05, 3.63) is 39.4 Å². The molecule has 2 aliphatic heterocycles. The van der Waals surface area contributed by atoms with Gasteiger partial charge < -0.3 is 28.6 Å². The van der Waals surface area contributed by atoms with Crippen molar-refractivity contribution in [3.8, 4) is 28.7 Å². The van der Waals surface area contributed by atoms with E-state index in [0.29, 0.717) is 48.3 Å². The Labute approximate surface area is 200 Å². The molecule has 2 aromatic rings. The van der Waals surface area contributed by atoms with E-state index in [9.17, 15) is 4.79 Å². The van der Waals surface area contributed by atoms with Crippen LogP contribution in [0, 0.1) is 0 Å². The van der Waals surface area contributed by atoms with E-state index in [4.69, 9.17) is 23.7 Å². The van der Waals surface area contributed by atoms with Crippen molar-refractivity contribution < 1.29 is 28.5 Å². The van der Waals surface area contributed by atoms with Gasteiger partial charge in [-0.2, -0.15) is 0 Å². The number of carbonyl (C=O) groups is 1. The first-order valence-corrected chi connectivity index (χ1v) is 12.1. The Kier molecular flexibility index (Phi) is 6.40. The maximum atomic E-state index is 13.6. The Morgan fingerprint density at radius 2 is 1.72 bits per heavy atom. The van der Waals surface area contributed by atoms with Crippen LogP contribution in [-0.2, 0) is 22.5 Å². The lowest BCUT2D eigenvalue weighted by Crippen LogP contribution is -2.48. The first-order valence-electron chi connectivity index (χ1n) is 10.1. The Hall–Kier alpha value is -2.26. The Balaban J connectivity index is 1.67. The fourth-order valence-electron chi connectivity index (χ4n) is 4.23. The molecule has 2 aromatic carbocycles. The Morgan fingerprint density at radius 3 is 2.38 bits per heavy atom. The molecule has 2 heterocycles. The van der Waals surface area contributed by atoms with Gasteiger partial charge in [0, 0.05) is 23.1 Å².